The normalized spacial score (nSPS) is 11.3. The van der Waals surface area contributed by atoms with Gasteiger partial charge in [0.15, 0.2) is 0 Å². The third-order valence-corrected chi connectivity index (χ3v) is 2.57. The van der Waals surface area contributed by atoms with Gasteiger partial charge in [0.05, 0.1) is 11.4 Å². The maximum Gasteiger partial charge on any atom is 0.208 e. The highest BCUT2D eigenvalue weighted by molar-refractivity contribution is 6.10. The fourth-order valence-electron chi connectivity index (χ4n) is 1.56. The minimum absolute atomic E-state index is 0.180. The lowest BCUT2D eigenvalue weighted by Crippen LogP contribution is -2.11. The molecule has 0 saturated carbocycles. The van der Waals surface area contributed by atoms with E-state index >= 15 is 0 Å². The number of aromatic nitrogens is 1. The third-order valence-electron chi connectivity index (χ3n) is 2.57. The molecule has 2 aromatic rings. The molecule has 1 heterocycles. The summed E-state index contributed by atoms with van der Waals surface area (Å²) in [6.07, 6.45) is 3.25. The van der Waals surface area contributed by atoms with E-state index in [0.717, 1.165) is 5.56 Å². The Bertz CT molecular complexity index is 571. The second-order valence-corrected chi connectivity index (χ2v) is 4.05. The molecule has 0 aliphatic heterocycles. The first kappa shape index (κ1) is 12.0. The molecule has 3 heteroatoms. The summed E-state index contributed by atoms with van der Waals surface area (Å²) < 4.78 is 0. The van der Waals surface area contributed by atoms with Gasteiger partial charge in [0.2, 0.25) is 5.78 Å². The van der Waals surface area contributed by atoms with Crippen LogP contribution >= 0.6 is 0 Å². The van der Waals surface area contributed by atoms with Crippen LogP contribution in [0.25, 0.3) is 6.08 Å². The Morgan fingerprint density at radius 3 is 2.50 bits per heavy atom. The van der Waals surface area contributed by atoms with Crippen molar-refractivity contribution in [2.75, 3.05) is 0 Å². The van der Waals surface area contributed by atoms with Gasteiger partial charge in [-0.2, -0.15) is 0 Å². The van der Waals surface area contributed by atoms with Gasteiger partial charge in [0, 0.05) is 11.8 Å². The zero-order valence-electron chi connectivity index (χ0n) is 10.1. The number of hydrogen-bond acceptors (Lipinski definition) is 3. The molecule has 90 valence electrons. The summed E-state index contributed by atoms with van der Waals surface area (Å²) >= 11 is 0. The van der Waals surface area contributed by atoms with Crippen molar-refractivity contribution in [1.29, 1.82) is 0 Å². The van der Waals surface area contributed by atoms with Crippen molar-refractivity contribution < 1.29 is 4.79 Å². The third kappa shape index (κ3) is 2.83. The van der Waals surface area contributed by atoms with E-state index in [1.165, 1.54) is 0 Å². The van der Waals surface area contributed by atoms with E-state index in [2.05, 4.69) is 4.98 Å². The predicted molar refractivity (Wildman–Crippen MR) is 71.9 cm³/mol. The van der Waals surface area contributed by atoms with E-state index in [4.69, 9.17) is 5.73 Å². The van der Waals surface area contributed by atoms with Crippen LogP contribution in [0.5, 0.6) is 0 Å². The molecule has 0 radical (unpaired) electrons. The van der Waals surface area contributed by atoms with Crippen molar-refractivity contribution in [3.8, 4) is 0 Å². The van der Waals surface area contributed by atoms with Crippen LogP contribution < -0.4 is 5.73 Å². The van der Waals surface area contributed by atoms with Gasteiger partial charge < -0.3 is 5.73 Å². The zero-order valence-corrected chi connectivity index (χ0v) is 10.1. The van der Waals surface area contributed by atoms with Crippen LogP contribution in [0.15, 0.2) is 54.4 Å². The second-order valence-electron chi connectivity index (χ2n) is 4.05. The Labute approximate surface area is 106 Å². The lowest BCUT2D eigenvalue weighted by molar-refractivity contribution is 0.103. The average molecular weight is 238 g/mol. The fraction of sp³-hybridized carbons (Fsp3) is 0.0667. The molecule has 0 saturated heterocycles. The van der Waals surface area contributed by atoms with Crippen LogP contribution in [0.1, 0.15) is 21.6 Å². The number of aryl methyl sites for hydroxylation is 1. The molecule has 0 fully saturated rings. The predicted octanol–water partition coefficient (Wildman–Crippen LogP) is 2.57. The number of ketones is 1. The van der Waals surface area contributed by atoms with Crippen molar-refractivity contribution >= 4 is 11.9 Å². The van der Waals surface area contributed by atoms with Crippen LogP contribution in [0.2, 0.25) is 0 Å². The average Bonchev–Trinajstić information content (AvgIpc) is 2.40. The van der Waals surface area contributed by atoms with Crippen LogP contribution in [-0.2, 0) is 0 Å². The summed E-state index contributed by atoms with van der Waals surface area (Å²) in [5.74, 6) is -0.180. The van der Waals surface area contributed by atoms with Crippen molar-refractivity contribution in [2.24, 2.45) is 5.73 Å². The zero-order chi connectivity index (χ0) is 13.0. The van der Waals surface area contributed by atoms with Gasteiger partial charge >= 0.3 is 0 Å². The summed E-state index contributed by atoms with van der Waals surface area (Å²) in [6, 6.07) is 12.8. The van der Waals surface area contributed by atoms with E-state index in [1.807, 2.05) is 31.2 Å². The first-order chi connectivity index (χ1) is 8.66. The Kier molecular flexibility index (Phi) is 3.53. The molecule has 3 nitrogen and oxygen atoms in total. The number of Topliss-reactive ketones (excluding diaryl/α,β-unsaturated/α-hetero) is 1. The van der Waals surface area contributed by atoms with Gasteiger partial charge in [-0.1, -0.05) is 35.9 Å². The van der Waals surface area contributed by atoms with Crippen molar-refractivity contribution in [2.45, 2.75) is 6.92 Å². The van der Waals surface area contributed by atoms with E-state index in [9.17, 15) is 4.79 Å². The molecule has 18 heavy (non-hydrogen) atoms. The number of nitrogens with zero attached hydrogens (tertiary/aromatic N) is 1. The number of hydrogen-bond donors (Lipinski definition) is 1. The van der Waals surface area contributed by atoms with Crippen molar-refractivity contribution in [3.63, 3.8) is 0 Å². The molecule has 2 N–H and O–H groups in total. The van der Waals surface area contributed by atoms with Crippen LogP contribution in [-0.4, -0.2) is 10.8 Å². The number of carbonyl (C=O) groups excluding carboxylic acids is 1. The van der Waals surface area contributed by atoms with Crippen LogP contribution in [0.3, 0.4) is 0 Å². The molecule has 0 unspecified atom stereocenters. The molecular formula is C15H14N2O. The summed E-state index contributed by atoms with van der Waals surface area (Å²) in [4.78, 5) is 16.1. The van der Waals surface area contributed by atoms with Crippen molar-refractivity contribution in [1.82, 2.24) is 4.98 Å². The summed E-state index contributed by atoms with van der Waals surface area (Å²) in [6.45, 7) is 1.97. The van der Waals surface area contributed by atoms with Crippen LogP contribution in [0, 0.1) is 6.92 Å². The second kappa shape index (κ2) is 5.27. The monoisotopic (exact) mass is 238 g/mol. The Hall–Kier alpha value is -2.42. The highest BCUT2D eigenvalue weighted by Gasteiger charge is 2.08. The van der Waals surface area contributed by atoms with Gasteiger partial charge in [-0.25, -0.2) is 0 Å². The van der Waals surface area contributed by atoms with Gasteiger partial charge in [-0.3, -0.25) is 9.78 Å². The van der Waals surface area contributed by atoms with Gasteiger partial charge in [-0.05, 0) is 25.1 Å². The lowest BCUT2D eigenvalue weighted by Gasteiger charge is -2.02. The molecule has 2 rings (SSSR count). The number of rotatable bonds is 3. The number of pyridine rings is 1. The molecule has 0 amide bonds. The Morgan fingerprint density at radius 1 is 1.17 bits per heavy atom. The van der Waals surface area contributed by atoms with Crippen LogP contribution in [0.4, 0.5) is 0 Å². The number of nitrogens with two attached hydrogens (primary N) is 1. The molecule has 0 spiro atoms. The molecule has 0 bridgehead atoms. The van der Waals surface area contributed by atoms with Gasteiger partial charge in [0.25, 0.3) is 0 Å². The Balaban J connectivity index is 2.24. The first-order valence-corrected chi connectivity index (χ1v) is 5.66. The van der Waals surface area contributed by atoms with Crippen molar-refractivity contribution in [3.05, 3.63) is 71.2 Å². The summed E-state index contributed by atoms with van der Waals surface area (Å²) in [7, 11) is 0. The highest BCUT2D eigenvalue weighted by Crippen LogP contribution is 2.09. The number of carbonyl (C=O) groups is 1. The maximum absolute atomic E-state index is 12.0. The summed E-state index contributed by atoms with van der Waals surface area (Å²) in [5.41, 5.74) is 8.36. The summed E-state index contributed by atoms with van der Waals surface area (Å²) in [5, 5.41) is 0. The maximum atomic E-state index is 12.0. The highest BCUT2D eigenvalue weighted by atomic mass is 16.1. The van der Waals surface area contributed by atoms with E-state index in [1.54, 1.807) is 30.5 Å². The van der Waals surface area contributed by atoms with E-state index in [0.29, 0.717) is 11.3 Å². The molecule has 0 atom stereocenters. The minimum Gasteiger partial charge on any atom is -0.395 e. The fourth-order valence-corrected chi connectivity index (χ4v) is 1.56. The van der Waals surface area contributed by atoms with Gasteiger partial charge in [0.1, 0.15) is 0 Å². The van der Waals surface area contributed by atoms with E-state index < -0.39 is 0 Å². The lowest BCUT2D eigenvalue weighted by atomic mass is 10.1. The van der Waals surface area contributed by atoms with E-state index in [-0.39, 0.29) is 11.5 Å². The molecule has 0 aliphatic carbocycles. The number of benzene rings is 1. The SMILES string of the molecule is Cc1ccc(C(=O)/C(N)=C/c2ccccn2)cc1. The smallest absolute Gasteiger partial charge is 0.208 e. The minimum atomic E-state index is -0.180. The quantitative estimate of drug-likeness (QED) is 0.660. The largest absolute Gasteiger partial charge is 0.395 e. The first-order valence-electron chi connectivity index (χ1n) is 5.66. The topological polar surface area (TPSA) is 56.0 Å². The molecule has 1 aromatic heterocycles. The molecule has 1 aromatic carbocycles. The Morgan fingerprint density at radius 2 is 1.89 bits per heavy atom. The number of allylic oxidation sites excluding steroid dienone is 1. The van der Waals surface area contributed by atoms with Gasteiger partial charge in [-0.15, -0.1) is 0 Å². The standard InChI is InChI=1S/C15H14N2O/c1-11-5-7-12(8-6-11)15(18)14(16)10-13-4-2-3-9-17-13/h2-10H,16H2,1H3/b14-10-. The molecule has 0 aliphatic rings. The molecular weight excluding hydrogens is 224 g/mol.